The number of nitro benzene ring substituents is 1. The van der Waals surface area contributed by atoms with E-state index >= 15 is 0 Å². The monoisotopic (exact) mass is 417 g/mol. The number of rotatable bonds is 3. The van der Waals surface area contributed by atoms with Crippen LogP contribution in [-0.4, -0.2) is 15.8 Å². The van der Waals surface area contributed by atoms with Crippen LogP contribution >= 0.6 is 34.2 Å². The molecule has 108 valence electrons. The Bertz CT molecular complexity index is 737. The number of anilines is 1. The maximum atomic E-state index is 12.2. The summed E-state index contributed by atoms with van der Waals surface area (Å²) < 4.78 is 0.604. The van der Waals surface area contributed by atoms with Crippen LogP contribution in [0.25, 0.3) is 0 Å². The minimum atomic E-state index is -0.548. The van der Waals surface area contributed by atoms with Crippen molar-refractivity contribution in [2.75, 3.05) is 5.32 Å². The average molecular weight is 418 g/mol. The minimum absolute atomic E-state index is 0.144. The zero-order valence-corrected chi connectivity index (χ0v) is 13.7. The first-order valence-electron chi connectivity index (χ1n) is 5.76. The molecule has 8 heteroatoms. The maximum absolute atomic E-state index is 12.2. The number of nitro groups is 1. The largest absolute Gasteiger partial charge is 0.319 e. The lowest BCUT2D eigenvalue weighted by Crippen LogP contribution is -2.14. The molecule has 0 radical (unpaired) electrons. The van der Waals surface area contributed by atoms with E-state index in [1.165, 1.54) is 18.2 Å². The van der Waals surface area contributed by atoms with Gasteiger partial charge in [-0.05, 0) is 47.2 Å². The molecule has 0 spiro atoms. The van der Waals surface area contributed by atoms with Crippen LogP contribution in [0.15, 0.2) is 30.5 Å². The molecule has 0 atom stereocenters. The van der Waals surface area contributed by atoms with E-state index in [4.69, 9.17) is 11.6 Å². The summed E-state index contributed by atoms with van der Waals surface area (Å²) in [6, 6.07) is 5.77. The second-order valence-corrected chi connectivity index (χ2v) is 5.75. The summed E-state index contributed by atoms with van der Waals surface area (Å²) in [6.45, 7) is 1.82. The molecular formula is C13H9ClIN3O3. The van der Waals surface area contributed by atoms with Crippen LogP contribution in [0.3, 0.4) is 0 Å². The Balaban J connectivity index is 2.34. The van der Waals surface area contributed by atoms with Crippen LogP contribution in [-0.2, 0) is 0 Å². The Kier molecular flexibility index (Phi) is 4.73. The lowest BCUT2D eigenvalue weighted by atomic mass is 10.2. The summed E-state index contributed by atoms with van der Waals surface area (Å²) >= 11 is 7.86. The number of nitrogens with one attached hydrogen (secondary N) is 1. The fourth-order valence-corrected chi connectivity index (χ4v) is 2.36. The van der Waals surface area contributed by atoms with Crippen molar-refractivity contribution in [2.24, 2.45) is 0 Å². The summed E-state index contributed by atoms with van der Waals surface area (Å²) in [4.78, 5) is 26.4. The molecule has 0 bridgehead atoms. The van der Waals surface area contributed by atoms with Crippen molar-refractivity contribution in [1.82, 2.24) is 4.98 Å². The Morgan fingerprint density at radius 3 is 2.81 bits per heavy atom. The number of benzene rings is 1. The summed E-state index contributed by atoms with van der Waals surface area (Å²) in [5.74, 6) is -0.475. The third-order valence-electron chi connectivity index (χ3n) is 2.63. The third kappa shape index (κ3) is 3.67. The fourth-order valence-electron chi connectivity index (χ4n) is 1.63. The number of aryl methyl sites for hydroxylation is 1. The molecule has 1 N–H and O–H groups in total. The lowest BCUT2D eigenvalue weighted by Gasteiger charge is -2.08. The molecule has 0 saturated heterocycles. The van der Waals surface area contributed by atoms with Crippen LogP contribution in [0.2, 0.25) is 5.15 Å². The summed E-state index contributed by atoms with van der Waals surface area (Å²) in [6.07, 6.45) is 1.58. The number of carbonyl (C=O) groups is 1. The van der Waals surface area contributed by atoms with Gasteiger partial charge in [0.25, 0.3) is 11.6 Å². The van der Waals surface area contributed by atoms with Gasteiger partial charge in [-0.1, -0.05) is 11.6 Å². The Labute approximate surface area is 138 Å². The topological polar surface area (TPSA) is 85.1 Å². The number of amides is 1. The van der Waals surface area contributed by atoms with Crippen LogP contribution < -0.4 is 5.32 Å². The number of hydrogen-bond donors (Lipinski definition) is 1. The smallest absolute Gasteiger partial charge is 0.270 e. The molecule has 1 aromatic heterocycles. The third-order valence-corrected chi connectivity index (χ3v) is 3.87. The number of pyridine rings is 1. The van der Waals surface area contributed by atoms with Gasteiger partial charge in [-0.3, -0.25) is 14.9 Å². The van der Waals surface area contributed by atoms with Gasteiger partial charge in [0.2, 0.25) is 0 Å². The second-order valence-electron chi connectivity index (χ2n) is 4.23. The Hall–Kier alpha value is -1.74. The van der Waals surface area contributed by atoms with E-state index in [2.05, 4.69) is 10.3 Å². The number of nitrogens with zero attached hydrogens (tertiary/aromatic N) is 2. The Morgan fingerprint density at radius 1 is 1.43 bits per heavy atom. The first kappa shape index (κ1) is 15.6. The summed E-state index contributed by atoms with van der Waals surface area (Å²) in [7, 11) is 0. The van der Waals surface area contributed by atoms with Gasteiger partial charge < -0.3 is 5.32 Å². The van der Waals surface area contributed by atoms with Crippen molar-refractivity contribution >= 4 is 51.5 Å². The highest BCUT2D eigenvalue weighted by molar-refractivity contribution is 14.1. The molecular weight excluding hydrogens is 409 g/mol. The number of aromatic nitrogens is 1. The van der Waals surface area contributed by atoms with Gasteiger partial charge in [0.15, 0.2) is 5.15 Å². The van der Waals surface area contributed by atoms with Crippen molar-refractivity contribution in [3.63, 3.8) is 0 Å². The first-order valence-corrected chi connectivity index (χ1v) is 7.21. The molecule has 21 heavy (non-hydrogen) atoms. The molecule has 0 aliphatic rings. The zero-order valence-electron chi connectivity index (χ0n) is 10.8. The van der Waals surface area contributed by atoms with E-state index in [0.717, 1.165) is 5.56 Å². The van der Waals surface area contributed by atoms with Crippen molar-refractivity contribution < 1.29 is 9.72 Å². The SMILES string of the molecule is Cc1cnc(Cl)c(NC(=O)c2cc([N+](=O)[O-])ccc2I)c1. The number of carbonyl (C=O) groups excluding carboxylic acids is 1. The molecule has 0 aliphatic heterocycles. The van der Waals surface area contributed by atoms with E-state index in [9.17, 15) is 14.9 Å². The predicted octanol–water partition coefficient (Wildman–Crippen LogP) is 3.81. The van der Waals surface area contributed by atoms with Gasteiger partial charge in [0, 0.05) is 21.9 Å². The highest BCUT2D eigenvalue weighted by Crippen LogP contribution is 2.23. The fraction of sp³-hybridized carbons (Fsp3) is 0.0769. The molecule has 1 aromatic carbocycles. The molecule has 2 rings (SSSR count). The van der Waals surface area contributed by atoms with Gasteiger partial charge in [0.1, 0.15) is 0 Å². The van der Waals surface area contributed by atoms with Gasteiger partial charge in [-0.2, -0.15) is 0 Å². The molecule has 6 nitrogen and oxygen atoms in total. The van der Waals surface area contributed by atoms with Crippen LogP contribution in [0.5, 0.6) is 0 Å². The molecule has 0 unspecified atom stereocenters. The van der Waals surface area contributed by atoms with E-state index in [0.29, 0.717) is 9.26 Å². The second kappa shape index (κ2) is 6.35. The Morgan fingerprint density at radius 2 is 2.14 bits per heavy atom. The van der Waals surface area contributed by atoms with Crippen LogP contribution in [0.1, 0.15) is 15.9 Å². The number of hydrogen-bond acceptors (Lipinski definition) is 4. The first-order chi connectivity index (χ1) is 9.88. The average Bonchev–Trinajstić information content (AvgIpc) is 2.43. The predicted molar refractivity (Wildman–Crippen MR) is 87.8 cm³/mol. The highest BCUT2D eigenvalue weighted by atomic mass is 127. The van der Waals surface area contributed by atoms with E-state index in [1.807, 2.05) is 29.5 Å². The molecule has 2 aromatic rings. The van der Waals surface area contributed by atoms with Crippen molar-refractivity contribution in [3.05, 3.63) is 60.4 Å². The normalized spacial score (nSPS) is 10.2. The van der Waals surface area contributed by atoms with Gasteiger partial charge in [-0.15, -0.1) is 0 Å². The van der Waals surface area contributed by atoms with E-state index < -0.39 is 10.8 Å². The lowest BCUT2D eigenvalue weighted by molar-refractivity contribution is -0.384. The summed E-state index contributed by atoms with van der Waals surface area (Å²) in [5, 5.41) is 13.6. The molecule has 0 fully saturated rings. The standard InChI is InChI=1S/C13H9ClIN3O3/c1-7-4-11(12(14)16-6-7)17-13(19)9-5-8(18(20)21)2-3-10(9)15/h2-6H,1H3,(H,17,19). The summed E-state index contributed by atoms with van der Waals surface area (Å²) in [5.41, 5.74) is 1.27. The highest BCUT2D eigenvalue weighted by Gasteiger charge is 2.16. The van der Waals surface area contributed by atoms with Crippen LogP contribution in [0.4, 0.5) is 11.4 Å². The van der Waals surface area contributed by atoms with Crippen molar-refractivity contribution in [3.8, 4) is 0 Å². The number of non-ortho nitro benzene ring substituents is 1. The molecule has 0 saturated carbocycles. The van der Waals surface area contributed by atoms with Gasteiger partial charge in [-0.25, -0.2) is 4.98 Å². The minimum Gasteiger partial charge on any atom is -0.319 e. The van der Waals surface area contributed by atoms with Crippen LogP contribution in [0, 0.1) is 20.6 Å². The maximum Gasteiger partial charge on any atom is 0.270 e. The van der Waals surface area contributed by atoms with Gasteiger partial charge >= 0.3 is 0 Å². The molecule has 1 amide bonds. The van der Waals surface area contributed by atoms with E-state index in [-0.39, 0.29) is 16.4 Å². The quantitative estimate of drug-likeness (QED) is 0.356. The van der Waals surface area contributed by atoms with E-state index in [1.54, 1.807) is 12.3 Å². The molecule has 0 aliphatic carbocycles. The zero-order chi connectivity index (χ0) is 15.6. The van der Waals surface area contributed by atoms with Gasteiger partial charge in [0.05, 0.1) is 16.2 Å². The van der Waals surface area contributed by atoms with Crippen molar-refractivity contribution in [1.29, 1.82) is 0 Å². The van der Waals surface area contributed by atoms with Crippen molar-refractivity contribution in [2.45, 2.75) is 6.92 Å². The number of halogens is 2. The molecule has 1 heterocycles.